The second-order valence-corrected chi connectivity index (χ2v) is 5.93. The monoisotopic (exact) mass is 364 g/mol. The van der Waals surface area contributed by atoms with Crippen molar-refractivity contribution in [1.82, 2.24) is 5.32 Å². The fourth-order valence-corrected chi connectivity index (χ4v) is 2.89. The van der Waals surface area contributed by atoms with Gasteiger partial charge in [-0.05, 0) is 42.5 Å². The van der Waals surface area contributed by atoms with Crippen molar-refractivity contribution >= 4 is 34.2 Å². The number of hydrogen-bond acceptors (Lipinski definition) is 2. The van der Waals surface area contributed by atoms with Crippen LogP contribution in [0.25, 0.3) is 0 Å². The molecule has 3 nitrogen and oxygen atoms in total. The summed E-state index contributed by atoms with van der Waals surface area (Å²) in [7, 11) is 0. The first kappa shape index (κ1) is 17.4. The number of carbonyl (C=O) groups is 1. The first-order chi connectivity index (χ1) is 9.06. The van der Waals surface area contributed by atoms with Crippen molar-refractivity contribution in [2.24, 2.45) is 11.7 Å². The summed E-state index contributed by atoms with van der Waals surface area (Å²) in [5.41, 5.74) is 6.68. The molecule has 20 heavy (non-hydrogen) atoms. The average Bonchev–Trinajstić information content (AvgIpc) is 2.76. The first-order valence-corrected chi connectivity index (χ1v) is 7.32. The minimum Gasteiger partial charge on any atom is -0.352 e. The Balaban J connectivity index is 0.00000200. The Hall–Kier alpha value is -0.650. The number of rotatable bonds is 4. The molecule has 1 aromatic rings. The summed E-state index contributed by atoms with van der Waals surface area (Å²) in [6.07, 6.45) is 3.61. The normalized spacial score (nSPS) is 21.4. The van der Waals surface area contributed by atoms with E-state index in [0.29, 0.717) is 13.0 Å². The lowest BCUT2D eigenvalue weighted by atomic mass is 10.00. The predicted molar refractivity (Wildman–Crippen MR) is 83.1 cm³/mol. The third-order valence-corrected chi connectivity index (χ3v) is 4.42. The maximum atomic E-state index is 13.1. The molecule has 0 heterocycles. The Labute approximate surface area is 133 Å². The lowest BCUT2D eigenvalue weighted by molar-refractivity contribution is -0.122. The second-order valence-electron chi connectivity index (χ2n) is 5.07. The molecule has 1 aliphatic rings. The predicted octanol–water partition coefficient (Wildman–Crippen LogP) is 3.14. The number of halogens is 3. The van der Waals surface area contributed by atoms with E-state index in [4.69, 9.17) is 5.73 Å². The Morgan fingerprint density at radius 1 is 1.45 bits per heavy atom. The van der Waals surface area contributed by atoms with E-state index in [1.165, 1.54) is 12.1 Å². The molecule has 2 rings (SSSR count). The summed E-state index contributed by atoms with van der Waals surface area (Å²) in [6.45, 7) is 0.332. The molecule has 112 valence electrons. The van der Waals surface area contributed by atoms with Crippen molar-refractivity contribution in [3.63, 3.8) is 0 Å². The van der Waals surface area contributed by atoms with E-state index in [2.05, 4.69) is 21.2 Å². The molecule has 6 heteroatoms. The molecular formula is C14H19BrClFN2O. The quantitative estimate of drug-likeness (QED) is 0.861. The van der Waals surface area contributed by atoms with Crippen LogP contribution < -0.4 is 11.1 Å². The lowest BCUT2D eigenvalue weighted by Crippen LogP contribution is -2.31. The molecule has 1 saturated carbocycles. The molecule has 0 aliphatic heterocycles. The van der Waals surface area contributed by atoms with E-state index in [9.17, 15) is 9.18 Å². The third-order valence-electron chi connectivity index (χ3n) is 3.65. The highest BCUT2D eigenvalue weighted by Gasteiger charge is 2.25. The Kier molecular flexibility index (Phi) is 6.92. The van der Waals surface area contributed by atoms with E-state index in [1.807, 2.05) is 0 Å². The molecule has 0 unspecified atom stereocenters. The molecular weight excluding hydrogens is 347 g/mol. The zero-order valence-corrected chi connectivity index (χ0v) is 13.5. The second kappa shape index (κ2) is 7.96. The van der Waals surface area contributed by atoms with Crippen LogP contribution in [0.15, 0.2) is 22.7 Å². The van der Waals surface area contributed by atoms with Crippen molar-refractivity contribution < 1.29 is 9.18 Å². The van der Waals surface area contributed by atoms with Crippen LogP contribution in [0.2, 0.25) is 0 Å². The number of nitrogens with one attached hydrogen (secondary N) is 1. The zero-order chi connectivity index (χ0) is 13.8. The minimum atomic E-state index is -0.301. The van der Waals surface area contributed by atoms with Gasteiger partial charge in [-0.3, -0.25) is 4.79 Å². The van der Waals surface area contributed by atoms with Gasteiger partial charge in [-0.2, -0.15) is 0 Å². The van der Waals surface area contributed by atoms with Crippen LogP contribution in [-0.2, 0) is 11.3 Å². The van der Waals surface area contributed by atoms with Gasteiger partial charge in [-0.25, -0.2) is 4.39 Å². The number of hydrogen-bond donors (Lipinski definition) is 2. The van der Waals surface area contributed by atoms with E-state index < -0.39 is 0 Å². The van der Waals surface area contributed by atoms with Gasteiger partial charge in [0.15, 0.2) is 0 Å². The zero-order valence-electron chi connectivity index (χ0n) is 11.1. The minimum absolute atomic E-state index is 0. The Morgan fingerprint density at radius 3 is 2.85 bits per heavy atom. The van der Waals surface area contributed by atoms with Crippen LogP contribution >= 0.6 is 28.3 Å². The molecule has 1 amide bonds. The molecule has 0 radical (unpaired) electrons. The van der Waals surface area contributed by atoms with Crippen LogP contribution in [-0.4, -0.2) is 11.9 Å². The molecule has 0 spiro atoms. The molecule has 1 fully saturated rings. The van der Waals surface area contributed by atoms with Gasteiger partial charge in [0.05, 0.1) is 0 Å². The van der Waals surface area contributed by atoms with Crippen LogP contribution in [0.4, 0.5) is 4.39 Å². The van der Waals surface area contributed by atoms with Crippen molar-refractivity contribution in [3.05, 3.63) is 34.1 Å². The van der Waals surface area contributed by atoms with E-state index in [-0.39, 0.29) is 36.1 Å². The molecule has 1 aliphatic carbocycles. The SMILES string of the molecule is Cl.N[C@@H]1CCC[C@H]1CC(=O)NCc1cc(F)ccc1Br. The lowest BCUT2D eigenvalue weighted by Gasteiger charge is -2.15. The summed E-state index contributed by atoms with van der Waals surface area (Å²) < 4.78 is 13.9. The number of carbonyl (C=O) groups excluding carboxylic acids is 1. The van der Waals surface area contributed by atoms with Crippen molar-refractivity contribution in [2.45, 2.75) is 38.3 Å². The van der Waals surface area contributed by atoms with Gasteiger partial charge < -0.3 is 11.1 Å². The summed E-state index contributed by atoms with van der Waals surface area (Å²) in [5, 5.41) is 2.82. The van der Waals surface area contributed by atoms with E-state index in [1.54, 1.807) is 6.07 Å². The van der Waals surface area contributed by atoms with Gasteiger partial charge in [-0.15, -0.1) is 12.4 Å². The standard InChI is InChI=1S/C14H18BrFN2O.ClH/c15-12-5-4-11(16)6-10(12)8-18-14(19)7-9-2-1-3-13(9)17;/h4-6,9,13H,1-3,7-8,17H2,(H,18,19);1H/t9-,13+;/m0./s1. The number of benzene rings is 1. The molecule has 0 bridgehead atoms. The first-order valence-electron chi connectivity index (χ1n) is 6.52. The fourth-order valence-electron chi connectivity index (χ4n) is 2.50. The largest absolute Gasteiger partial charge is 0.352 e. The van der Waals surface area contributed by atoms with Crippen molar-refractivity contribution in [2.75, 3.05) is 0 Å². The third kappa shape index (κ3) is 4.72. The molecule has 0 aromatic heterocycles. The maximum absolute atomic E-state index is 13.1. The highest BCUT2D eigenvalue weighted by molar-refractivity contribution is 9.10. The van der Waals surface area contributed by atoms with Crippen molar-refractivity contribution in [1.29, 1.82) is 0 Å². The summed E-state index contributed by atoms with van der Waals surface area (Å²) >= 11 is 3.34. The van der Waals surface area contributed by atoms with Gasteiger partial charge in [-0.1, -0.05) is 22.4 Å². The molecule has 2 atom stereocenters. The molecule has 0 saturated heterocycles. The van der Waals surface area contributed by atoms with Crippen LogP contribution in [0.5, 0.6) is 0 Å². The number of nitrogens with two attached hydrogens (primary N) is 1. The van der Waals surface area contributed by atoms with E-state index >= 15 is 0 Å². The molecule has 3 N–H and O–H groups in total. The molecule has 1 aromatic carbocycles. The van der Waals surface area contributed by atoms with Crippen molar-refractivity contribution in [3.8, 4) is 0 Å². The highest BCUT2D eigenvalue weighted by atomic mass is 79.9. The van der Waals surface area contributed by atoms with Gasteiger partial charge in [0.25, 0.3) is 0 Å². The summed E-state index contributed by atoms with van der Waals surface area (Å²) in [6, 6.07) is 4.59. The van der Waals surface area contributed by atoms with Crippen LogP contribution in [0, 0.1) is 11.7 Å². The Bertz CT molecular complexity index is 472. The smallest absolute Gasteiger partial charge is 0.220 e. The summed E-state index contributed by atoms with van der Waals surface area (Å²) in [5.74, 6) is -0.0280. The van der Waals surface area contributed by atoms with Crippen LogP contribution in [0.3, 0.4) is 0 Å². The maximum Gasteiger partial charge on any atom is 0.220 e. The topological polar surface area (TPSA) is 55.1 Å². The van der Waals surface area contributed by atoms with Gasteiger partial charge in [0.1, 0.15) is 5.82 Å². The van der Waals surface area contributed by atoms with Gasteiger partial charge in [0.2, 0.25) is 5.91 Å². The summed E-state index contributed by atoms with van der Waals surface area (Å²) in [4.78, 5) is 11.8. The van der Waals surface area contributed by atoms with Gasteiger partial charge >= 0.3 is 0 Å². The van der Waals surface area contributed by atoms with Crippen LogP contribution in [0.1, 0.15) is 31.2 Å². The van der Waals surface area contributed by atoms with E-state index in [0.717, 1.165) is 29.3 Å². The Morgan fingerprint density at radius 2 is 2.20 bits per heavy atom. The van der Waals surface area contributed by atoms with Gasteiger partial charge in [0, 0.05) is 23.5 Å². The fraction of sp³-hybridized carbons (Fsp3) is 0.500. The average molecular weight is 366 g/mol. The highest BCUT2D eigenvalue weighted by Crippen LogP contribution is 2.26. The number of amides is 1.